The zero-order chi connectivity index (χ0) is 8.27. The van der Waals surface area contributed by atoms with Crippen LogP contribution in [0.3, 0.4) is 0 Å². The Balaban J connectivity index is 2.81. The number of halogens is 2. The van der Waals surface area contributed by atoms with Gasteiger partial charge in [-0.25, -0.2) is 4.98 Å². The molecule has 11 heavy (non-hydrogen) atoms. The van der Waals surface area contributed by atoms with Crippen LogP contribution in [0.15, 0.2) is 18.3 Å². The van der Waals surface area contributed by atoms with Gasteiger partial charge in [0, 0.05) is 11.8 Å². The summed E-state index contributed by atoms with van der Waals surface area (Å²) in [7, 11) is 0. The Kier molecular flexibility index (Phi) is 3.12. The molecular weight excluding hydrogens is 185 g/mol. The smallest absolute Gasteiger partial charge is 0.129 e. The Labute approximate surface area is 74.8 Å². The Morgan fingerprint density at radius 3 is 2.73 bits per heavy atom. The molecule has 0 fully saturated rings. The number of rotatable bonds is 2. The van der Waals surface area contributed by atoms with Crippen molar-refractivity contribution in [2.24, 2.45) is 0 Å². The monoisotopic (exact) mass is 191 g/mol. The van der Waals surface area contributed by atoms with Gasteiger partial charge in [0.1, 0.15) is 5.15 Å². The molecule has 0 spiro atoms. The third-order valence-electron chi connectivity index (χ3n) is 1.28. The number of aromatic nitrogens is 1. The quantitative estimate of drug-likeness (QED) is 0.574. The van der Waals surface area contributed by atoms with Crippen molar-refractivity contribution in [1.82, 2.24) is 4.98 Å². The standard InChI is InChI=1S/C7H7Cl2NO/c8-3-6(11)5-1-2-7(9)10-4-5/h1-2,4,6,11H,3H2/t6-/m0/s1. The van der Waals surface area contributed by atoms with Crippen LogP contribution in [-0.2, 0) is 0 Å². The van der Waals surface area contributed by atoms with Gasteiger partial charge in [-0.1, -0.05) is 17.7 Å². The molecule has 0 saturated heterocycles. The first-order chi connectivity index (χ1) is 5.24. The van der Waals surface area contributed by atoms with E-state index in [4.69, 9.17) is 23.2 Å². The number of hydrogen-bond donors (Lipinski definition) is 1. The van der Waals surface area contributed by atoms with Crippen molar-refractivity contribution in [3.8, 4) is 0 Å². The summed E-state index contributed by atoms with van der Waals surface area (Å²) in [5.41, 5.74) is 0.685. The molecule has 1 aromatic heterocycles. The molecule has 0 amide bonds. The van der Waals surface area contributed by atoms with Gasteiger partial charge in [0.05, 0.1) is 12.0 Å². The fraction of sp³-hybridized carbons (Fsp3) is 0.286. The number of aliphatic hydroxyl groups excluding tert-OH is 1. The molecule has 60 valence electrons. The predicted molar refractivity (Wildman–Crippen MR) is 44.9 cm³/mol. The van der Waals surface area contributed by atoms with Crippen molar-refractivity contribution in [2.45, 2.75) is 6.10 Å². The Hall–Kier alpha value is -0.310. The van der Waals surface area contributed by atoms with Crippen LogP contribution >= 0.6 is 23.2 Å². The minimum absolute atomic E-state index is 0.170. The summed E-state index contributed by atoms with van der Waals surface area (Å²) in [5, 5.41) is 9.62. The summed E-state index contributed by atoms with van der Waals surface area (Å²) in [4.78, 5) is 3.79. The van der Waals surface area contributed by atoms with E-state index >= 15 is 0 Å². The molecule has 1 N–H and O–H groups in total. The zero-order valence-electron chi connectivity index (χ0n) is 5.67. The maximum absolute atomic E-state index is 9.21. The van der Waals surface area contributed by atoms with E-state index in [9.17, 15) is 5.11 Å². The first kappa shape index (κ1) is 8.78. The van der Waals surface area contributed by atoms with Crippen molar-refractivity contribution in [2.75, 3.05) is 5.88 Å². The maximum atomic E-state index is 9.21. The predicted octanol–water partition coefficient (Wildman–Crippen LogP) is 2.01. The van der Waals surface area contributed by atoms with E-state index in [1.54, 1.807) is 12.1 Å². The number of pyridine rings is 1. The highest BCUT2D eigenvalue weighted by Crippen LogP contribution is 2.14. The van der Waals surface area contributed by atoms with E-state index in [0.717, 1.165) is 0 Å². The zero-order valence-corrected chi connectivity index (χ0v) is 7.18. The van der Waals surface area contributed by atoms with Crippen LogP contribution in [-0.4, -0.2) is 16.0 Å². The van der Waals surface area contributed by atoms with Gasteiger partial charge in [0.25, 0.3) is 0 Å². The van der Waals surface area contributed by atoms with Gasteiger partial charge in [-0.2, -0.15) is 0 Å². The third-order valence-corrected chi connectivity index (χ3v) is 1.80. The fourth-order valence-electron chi connectivity index (χ4n) is 0.673. The van der Waals surface area contributed by atoms with Crippen molar-refractivity contribution in [1.29, 1.82) is 0 Å². The minimum atomic E-state index is -0.651. The largest absolute Gasteiger partial charge is 0.387 e. The maximum Gasteiger partial charge on any atom is 0.129 e. The molecule has 1 atom stereocenters. The summed E-state index contributed by atoms with van der Waals surface area (Å²) in [6.07, 6.45) is 0.858. The second-order valence-corrected chi connectivity index (χ2v) is 2.78. The van der Waals surface area contributed by atoms with E-state index in [0.29, 0.717) is 10.7 Å². The Morgan fingerprint density at radius 2 is 2.27 bits per heavy atom. The lowest BCUT2D eigenvalue weighted by Gasteiger charge is -2.04. The molecule has 1 rings (SSSR count). The lowest BCUT2D eigenvalue weighted by Crippen LogP contribution is -1.98. The average molecular weight is 192 g/mol. The summed E-state index contributed by atoms with van der Waals surface area (Å²) in [5.74, 6) is 0.170. The molecular formula is C7H7Cl2NO. The van der Waals surface area contributed by atoms with Gasteiger partial charge in [-0.3, -0.25) is 0 Å². The highest BCUT2D eigenvalue weighted by atomic mass is 35.5. The molecule has 0 aliphatic rings. The fourth-order valence-corrected chi connectivity index (χ4v) is 0.963. The van der Waals surface area contributed by atoms with E-state index in [-0.39, 0.29) is 5.88 Å². The van der Waals surface area contributed by atoms with Crippen LogP contribution in [0.5, 0.6) is 0 Å². The van der Waals surface area contributed by atoms with Crippen LogP contribution in [0.2, 0.25) is 5.15 Å². The molecule has 2 nitrogen and oxygen atoms in total. The van der Waals surface area contributed by atoms with Crippen molar-refractivity contribution >= 4 is 23.2 Å². The number of hydrogen-bond acceptors (Lipinski definition) is 2. The minimum Gasteiger partial charge on any atom is -0.387 e. The molecule has 1 aromatic rings. The molecule has 0 bridgehead atoms. The normalized spacial score (nSPS) is 13.0. The number of aliphatic hydroxyl groups is 1. The molecule has 0 aromatic carbocycles. The molecule has 0 aliphatic heterocycles. The third kappa shape index (κ3) is 2.33. The van der Waals surface area contributed by atoms with Gasteiger partial charge in [-0.15, -0.1) is 11.6 Å². The molecule has 0 aliphatic carbocycles. The topological polar surface area (TPSA) is 33.1 Å². The van der Waals surface area contributed by atoms with Gasteiger partial charge < -0.3 is 5.11 Å². The summed E-state index contributed by atoms with van der Waals surface area (Å²) >= 11 is 10.9. The summed E-state index contributed by atoms with van der Waals surface area (Å²) in [6.45, 7) is 0. The summed E-state index contributed by atoms with van der Waals surface area (Å²) in [6, 6.07) is 3.31. The van der Waals surface area contributed by atoms with E-state index in [1.807, 2.05) is 0 Å². The second-order valence-electron chi connectivity index (χ2n) is 2.08. The molecule has 1 heterocycles. The SMILES string of the molecule is O[C@@H](CCl)c1ccc(Cl)nc1. The summed E-state index contributed by atoms with van der Waals surface area (Å²) < 4.78 is 0. The molecule has 0 radical (unpaired) electrons. The van der Waals surface area contributed by atoms with Crippen LogP contribution in [0.4, 0.5) is 0 Å². The van der Waals surface area contributed by atoms with Gasteiger partial charge >= 0.3 is 0 Å². The lowest BCUT2D eigenvalue weighted by molar-refractivity contribution is 0.202. The molecule has 0 unspecified atom stereocenters. The van der Waals surface area contributed by atoms with Gasteiger partial charge in [-0.05, 0) is 6.07 Å². The van der Waals surface area contributed by atoms with Gasteiger partial charge in [0.2, 0.25) is 0 Å². The van der Waals surface area contributed by atoms with Crippen LogP contribution in [0, 0.1) is 0 Å². The first-order valence-corrected chi connectivity index (χ1v) is 4.01. The van der Waals surface area contributed by atoms with Crippen LogP contribution < -0.4 is 0 Å². The second kappa shape index (κ2) is 3.90. The first-order valence-electron chi connectivity index (χ1n) is 3.09. The molecule has 4 heteroatoms. The van der Waals surface area contributed by atoms with Gasteiger partial charge in [0.15, 0.2) is 0 Å². The Morgan fingerprint density at radius 1 is 1.55 bits per heavy atom. The lowest BCUT2D eigenvalue weighted by atomic mass is 10.2. The van der Waals surface area contributed by atoms with Crippen molar-refractivity contribution < 1.29 is 5.11 Å². The van der Waals surface area contributed by atoms with Crippen LogP contribution in [0.25, 0.3) is 0 Å². The molecule has 0 saturated carbocycles. The van der Waals surface area contributed by atoms with Crippen LogP contribution in [0.1, 0.15) is 11.7 Å². The number of nitrogens with zero attached hydrogens (tertiary/aromatic N) is 1. The Bertz CT molecular complexity index is 224. The van der Waals surface area contributed by atoms with Crippen molar-refractivity contribution in [3.63, 3.8) is 0 Å². The highest BCUT2D eigenvalue weighted by Gasteiger charge is 2.04. The average Bonchev–Trinajstić information content (AvgIpc) is 2.05. The highest BCUT2D eigenvalue weighted by molar-refractivity contribution is 6.29. The van der Waals surface area contributed by atoms with E-state index in [1.165, 1.54) is 6.20 Å². The van der Waals surface area contributed by atoms with E-state index < -0.39 is 6.10 Å². The number of alkyl halides is 1. The van der Waals surface area contributed by atoms with Crippen molar-refractivity contribution in [3.05, 3.63) is 29.0 Å². The van der Waals surface area contributed by atoms with E-state index in [2.05, 4.69) is 4.98 Å².